The number of benzene rings is 1. The van der Waals surface area contributed by atoms with E-state index in [4.69, 9.17) is 10.5 Å². The Morgan fingerprint density at radius 2 is 2.25 bits per heavy atom. The third-order valence-electron chi connectivity index (χ3n) is 2.77. The van der Waals surface area contributed by atoms with Crippen molar-refractivity contribution in [3.05, 3.63) is 35.1 Å². The van der Waals surface area contributed by atoms with Crippen LogP contribution < -0.4 is 5.73 Å². The summed E-state index contributed by atoms with van der Waals surface area (Å²) in [6, 6.07) is 3.98. The lowest BCUT2D eigenvalue weighted by Crippen LogP contribution is -2.34. The molecule has 0 saturated carbocycles. The van der Waals surface area contributed by atoms with E-state index in [1.165, 1.54) is 18.2 Å². The predicted molar refractivity (Wildman–Crippen MR) is 75.8 cm³/mol. The van der Waals surface area contributed by atoms with Gasteiger partial charge in [0.15, 0.2) is 0 Å². The number of carbonyl (C=O) groups is 1. The first-order chi connectivity index (χ1) is 9.63. The SMILES string of the molecule is CCN(CCOC)C(=O)c1cc(F)ccc1C#CCN. The zero-order valence-corrected chi connectivity index (χ0v) is 11.8. The molecule has 0 bridgehead atoms. The Bertz CT molecular complexity index is 520. The van der Waals surface area contributed by atoms with E-state index < -0.39 is 5.82 Å². The van der Waals surface area contributed by atoms with E-state index in [2.05, 4.69) is 11.8 Å². The summed E-state index contributed by atoms with van der Waals surface area (Å²) >= 11 is 0. The van der Waals surface area contributed by atoms with Crippen LogP contribution in [0, 0.1) is 17.7 Å². The minimum Gasteiger partial charge on any atom is -0.383 e. The van der Waals surface area contributed by atoms with E-state index in [-0.39, 0.29) is 18.0 Å². The van der Waals surface area contributed by atoms with Crippen LogP contribution in [0.3, 0.4) is 0 Å². The van der Waals surface area contributed by atoms with Gasteiger partial charge in [0.2, 0.25) is 0 Å². The van der Waals surface area contributed by atoms with Gasteiger partial charge in [-0.1, -0.05) is 11.8 Å². The highest BCUT2D eigenvalue weighted by molar-refractivity contribution is 5.96. The van der Waals surface area contributed by atoms with Crippen LogP contribution in [0.1, 0.15) is 22.8 Å². The molecule has 1 aromatic carbocycles. The molecule has 0 aliphatic carbocycles. The fraction of sp³-hybridized carbons (Fsp3) is 0.400. The standard InChI is InChI=1S/C15H19FN2O2/c1-3-18(9-10-20-2)15(19)14-11-13(16)7-6-12(14)5-4-8-17/h6-7,11H,3,8-10,17H2,1-2H3. The Balaban J connectivity index is 3.08. The minimum absolute atomic E-state index is 0.187. The smallest absolute Gasteiger partial charge is 0.255 e. The molecular weight excluding hydrogens is 259 g/mol. The molecule has 0 atom stereocenters. The summed E-state index contributed by atoms with van der Waals surface area (Å²) in [5, 5.41) is 0. The number of carbonyl (C=O) groups excluding carboxylic acids is 1. The Morgan fingerprint density at radius 1 is 1.50 bits per heavy atom. The highest BCUT2D eigenvalue weighted by Gasteiger charge is 2.17. The molecular formula is C15H19FN2O2. The quantitative estimate of drug-likeness (QED) is 0.825. The van der Waals surface area contributed by atoms with E-state index in [0.29, 0.717) is 25.3 Å². The molecule has 0 fully saturated rings. The normalized spacial score (nSPS) is 9.80. The number of amides is 1. The highest BCUT2D eigenvalue weighted by Crippen LogP contribution is 2.13. The minimum atomic E-state index is -0.463. The molecule has 20 heavy (non-hydrogen) atoms. The average Bonchev–Trinajstić information content (AvgIpc) is 2.46. The topological polar surface area (TPSA) is 55.6 Å². The number of nitrogens with two attached hydrogens (primary N) is 1. The second-order valence-electron chi connectivity index (χ2n) is 4.07. The van der Waals surface area contributed by atoms with Crippen LogP contribution in [-0.4, -0.2) is 44.2 Å². The van der Waals surface area contributed by atoms with Crippen LogP contribution in [-0.2, 0) is 4.74 Å². The van der Waals surface area contributed by atoms with Gasteiger partial charge in [-0.05, 0) is 25.1 Å². The first-order valence-corrected chi connectivity index (χ1v) is 6.40. The zero-order valence-electron chi connectivity index (χ0n) is 11.8. The van der Waals surface area contributed by atoms with Gasteiger partial charge in [0, 0.05) is 25.8 Å². The van der Waals surface area contributed by atoms with Crippen LogP contribution in [0.2, 0.25) is 0 Å². The molecule has 0 unspecified atom stereocenters. The number of nitrogens with zero attached hydrogens (tertiary/aromatic N) is 1. The van der Waals surface area contributed by atoms with E-state index in [1.807, 2.05) is 6.92 Å². The maximum Gasteiger partial charge on any atom is 0.255 e. The Kier molecular flexibility index (Phi) is 6.71. The van der Waals surface area contributed by atoms with Crippen molar-refractivity contribution in [1.82, 2.24) is 4.90 Å². The van der Waals surface area contributed by atoms with Crippen molar-refractivity contribution in [2.75, 3.05) is 33.4 Å². The zero-order chi connectivity index (χ0) is 15.0. The van der Waals surface area contributed by atoms with Crippen LogP contribution in [0.15, 0.2) is 18.2 Å². The van der Waals surface area contributed by atoms with Gasteiger partial charge in [-0.2, -0.15) is 0 Å². The van der Waals surface area contributed by atoms with Crippen molar-refractivity contribution in [3.63, 3.8) is 0 Å². The van der Waals surface area contributed by atoms with Gasteiger partial charge >= 0.3 is 0 Å². The maximum absolute atomic E-state index is 13.4. The van der Waals surface area contributed by atoms with Crippen LogP contribution in [0.4, 0.5) is 4.39 Å². The van der Waals surface area contributed by atoms with Crippen molar-refractivity contribution < 1.29 is 13.9 Å². The number of methoxy groups -OCH3 is 1. The molecule has 4 nitrogen and oxygen atoms in total. The number of likely N-dealkylation sites (N-methyl/N-ethyl adjacent to an activating group) is 1. The van der Waals surface area contributed by atoms with Gasteiger partial charge in [-0.25, -0.2) is 4.39 Å². The third kappa shape index (κ3) is 4.34. The summed E-state index contributed by atoms with van der Waals surface area (Å²) in [7, 11) is 1.57. The van der Waals surface area contributed by atoms with E-state index in [1.54, 1.807) is 12.0 Å². The highest BCUT2D eigenvalue weighted by atomic mass is 19.1. The second-order valence-corrected chi connectivity index (χ2v) is 4.07. The fourth-order valence-electron chi connectivity index (χ4n) is 1.72. The summed E-state index contributed by atoms with van der Waals surface area (Å²) in [5.41, 5.74) is 6.06. The largest absolute Gasteiger partial charge is 0.383 e. The monoisotopic (exact) mass is 278 g/mol. The Morgan fingerprint density at radius 3 is 2.85 bits per heavy atom. The molecule has 108 valence electrons. The van der Waals surface area contributed by atoms with E-state index in [9.17, 15) is 9.18 Å². The predicted octanol–water partition coefficient (Wildman–Crippen LogP) is 1.24. The summed E-state index contributed by atoms with van der Waals surface area (Å²) in [6.07, 6.45) is 0. The van der Waals surface area contributed by atoms with Crippen molar-refractivity contribution in [2.45, 2.75) is 6.92 Å². The number of rotatable bonds is 5. The van der Waals surface area contributed by atoms with Gasteiger partial charge < -0.3 is 15.4 Å². The fourth-order valence-corrected chi connectivity index (χ4v) is 1.72. The third-order valence-corrected chi connectivity index (χ3v) is 2.77. The average molecular weight is 278 g/mol. The van der Waals surface area contributed by atoms with Crippen LogP contribution >= 0.6 is 0 Å². The van der Waals surface area contributed by atoms with Crippen LogP contribution in [0.25, 0.3) is 0 Å². The molecule has 0 saturated heterocycles. The van der Waals surface area contributed by atoms with Crippen LogP contribution in [0.5, 0.6) is 0 Å². The summed E-state index contributed by atoms with van der Waals surface area (Å²) < 4.78 is 18.3. The van der Waals surface area contributed by atoms with Crippen molar-refractivity contribution in [3.8, 4) is 11.8 Å². The van der Waals surface area contributed by atoms with Gasteiger partial charge in [0.25, 0.3) is 5.91 Å². The molecule has 0 spiro atoms. The lowest BCUT2D eigenvalue weighted by atomic mass is 10.1. The number of hydrogen-bond acceptors (Lipinski definition) is 3. The molecule has 0 radical (unpaired) electrons. The lowest BCUT2D eigenvalue weighted by molar-refractivity contribution is 0.0705. The molecule has 1 rings (SSSR count). The second kappa shape index (κ2) is 8.31. The Hall–Kier alpha value is -1.90. The molecule has 5 heteroatoms. The van der Waals surface area contributed by atoms with Crippen molar-refractivity contribution in [1.29, 1.82) is 0 Å². The van der Waals surface area contributed by atoms with Crippen molar-refractivity contribution >= 4 is 5.91 Å². The van der Waals surface area contributed by atoms with Gasteiger partial charge in [-0.15, -0.1) is 0 Å². The molecule has 0 heterocycles. The number of hydrogen-bond donors (Lipinski definition) is 1. The molecule has 0 aliphatic heterocycles. The first-order valence-electron chi connectivity index (χ1n) is 6.40. The molecule has 0 aromatic heterocycles. The summed E-state index contributed by atoms with van der Waals surface area (Å²) in [6.45, 7) is 3.44. The van der Waals surface area contributed by atoms with E-state index in [0.717, 1.165) is 0 Å². The first kappa shape index (κ1) is 16.2. The molecule has 1 amide bonds. The Labute approximate surface area is 118 Å². The molecule has 0 aliphatic rings. The summed E-state index contributed by atoms with van der Waals surface area (Å²) in [4.78, 5) is 14.0. The van der Waals surface area contributed by atoms with Gasteiger partial charge in [-0.3, -0.25) is 4.79 Å². The molecule has 1 aromatic rings. The van der Waals surface area contributed by atoms with Gasteiger partial charge in [0.05, 0.1) is 18.7 Å². The number of halogens is 1. The lowest BCUT2D eigenvalue weighted by Gasteiger charge is -2.21. The van der Waals surface area contributed by atoms with E-state index >= 15 is 0 Å². The van der Waals surface area contributed by atoms with Crippen molar-refractivity contribution in [2.24, 2.45) is 5.73 Å². The number of ether oxygens (including phenoxy) is 1. The van der Waals surface area contributed by atoms with Gasteiger partial charge in [0.1, 0.15) is 5.82 Å². The maximum atomic E-state index is 13.4. The molecule has 2 N–H and O–H groups in total. The summed E-state index contributed by atoms with van der Waals surface area (Å²) in [5.74, 6) is 4.75.